The summed E-state index contributed by atoms with van der Waals surface area (Å²) >= 11 is 5.94. The molecule has 0 aromatic heterocycles. The maximum absolute atomic E-state index is 12.7. The Bertz CT molecular complexity index is 870. The third kappa shape index (κ3) is 4.25. The van der Waals surface area contributed by atoms with Crippen LogP contribution in [0.3, 0.4) is 0 Å². The van der Waals surface area contributed by atoms with Crippen LogP contribution in [0, 0.1) is 0 Å². The lowest BCUT2D eigenvalue weighted by Gasteiger charge is -2.39. The number of carbonyl (C=O) groups is 3. The van der Waals surface area contributed by atoms with Crippen LogP contribution in [0.2, 0.25) is 5.02 Å². The number of esters is 1. The Morgan fingerprint density at radius 1 is 1.04 bits per heavy atom. The predicted octanol–water partition coefficient (Wildman–Crippen LogP) is 4.54. The van der Waals surface area contributed by atoms with Gasteiger partial charge in [-0.2, -0.15) is 0 Å². The molecule has 1 fully saturated rings. The summed E-state index contributed by atoms with van der Waals surface area (Å²) in [6.45, 7) is 1.45. The van der Waals surface area contributed by atoms with Gasteiger partial charge >= 0.3 is 5.97 Å². The van der Waals surface area contributed by atoms with Crippen LogP contribution in [0.5, 0.6) is 0 Å². The van der Waals surface area contributed by atoms with Gasteiger partial charge in [0.2, 0.25) is 5.91 Å². The molecular formula is C22H22ClNO4. The van der Waals surface area contributed by atoms with E-state index in [0.717, 1.165) is 12.0 Å². The number of ketones is 1. The zero-order chi connectivity index (χ0) is 20.1. The van der Waals surface area contributed by atoms with E-state index in [2.05, 4.69) is 5.32 Å². The summed E-state index contributed by atoms with van der Waals surface area (Å²) in [5, 5.41) is 3.33. The van der Waals surface area contributed by atoms with Crippen molar-refractivity contribution in [1.82, 2.24) is 0 Å². The quantitative estimate of drug-likeness (QED) is 0.548. The van der Waals surface area contributed by atoms with Crippen LogP contribution in [0.25, 0.3) is 0 Å². The molecule has 146 valence electrons. The number of carbonyl (C=O) groups excluding carboxylic acids is 3. The molecule has 0 unspecified atom stereocenters. The Kier molecular flexibility index (Phi) is 6.15. The molecule has 0 atom stereocenters. The first-order valence-corrected chi connectivity index (χ1v) is 9.69. The second-order valence-electron chi connectivity index (χ2n) is 6.92. The first-order valence-electron chi connectivity index (χ1n) is 9.31. The van der Waals surface area contributed by atoms with Crippen molar-refractivity contribution >= 4 is 34.9 Å². The molecule has 0 bridgehead atoms. The normalized spacial score (nSPS) is 14.6. The lowest BCUT2D eigenvalue weighted by atomic mass is 9.64. The van der Waals surface area contributed by atoms with E-state index >= 15 is 0 Å². The molecule has 1 aliphatic carbocycles. The third-order valence-electron chi connectivity index (χ3n) is 5.14. The number of nitrogens with one attached hydrogen (secondary N) is 1. The van der Waals surface area contributed by atoms with E-state index in [9.17, 15) is 14.4 Å². The second kappa shape index (κ2) is 8.57. The van der Waals surface area contributed by atoms with Crippen LogP contribution in [0.4, 0.5) is 5.69 Å². The van der Waals surface area contributed by atoms with Crippen molar-refractivity contribution in [3.05, 3.63) is 64.7 Å². The number of anilines is 1. The average Bonchev–Trinajstić information content (AvgIpc) is 2.67. The van der Waals surface area contributed by atoms with Crippen molar-refractivity contribution in [2.24, 2.45) is 0 Å². The number of rotatable bonds is 7. The summed E-state index contributed by atoms with van der Waals surface area (Å²) in [6.07, 6.45) is 2.73. The number of benzene rings is 2. The standard InChI is InChI=1S/C22H22ClNO4/c1-2-20(26)24-18-10-4-15(5-11-18)19(25)14-28-21(27)22(12-3-13-22)16-6-8-17(23)9-7-16/h4-11H,2-3,12-14H2,1H3,(H,24,26). The largest absolute Gasteiger partial charge is 0.457 e. The van der Waals surface area contributed by atoms with Crippen LogP contribution in [-0.2, 0) is 19.7 Å². The van der Waals surface area contributed by atoms with E-state index in [0.29, 0.717) is 35.5 Å². The smallest absolute Gasteiger partial charge is 0.317 e. The molecule has 1 aliphatic rings. The summed E-state index contributed by atoms with van der Waals surface area (Å²) < 4.78 is 5.37. The molecule has 2 aromatic rings. The van der Waals surface area contributed by atoms with Gasteiger partial charge in [0.15, 0.2) is 12.4 Å². The van der Waals surface area contributed by atoms with Crippen LogP contribution >= 0.6 is 11.6 Å². The van der Waals surface area contributed by atoms with Crippen LogP contribution < -0.4 is 5.32 Å². The molecule has 0 saturated heterocycles. The zero-order valence-corrected chi connectivity index (χ0v) is 16.4. The maximum Gasteiger partial charge on any atom is 0.317 e. The molecule has 3 rings (SSSR count). The molecule has 0 heterocycles. The lowest BCUT2D eigenvalue weighted by Crippen LogP contribution is -2.44. The Morgan fingerprint density at radius 3 is 2.21 bits per heavy atom. The highest BCUT2D eigenvalue weighted by molar-refractivity contribution is 6.30. The van der Waals surface area contributed by atoms with Gasteiger partial charge in [-0.25, -0.2) is 0 Å². The van der Waals surface area contributed by atoms with Crippen LogP contribution in [-0.4, -0.2) is 24.3 Å². The molecule has 2 aromatic carbocycles. The number of halogens is 1. The first kappa shape index (κ1) is 20.1. The predicted molar refractivity (Wildman–Crippen MR) is 108 cm³/mol. The summed E-state index contributed by atoms with van der Waals surface area (Å²) in [5.41, 5.74) is 1.24. The number of amides is 1. The molecule has 1 saturated carbocycles. The highest BCUT2D eigenvalue weighted by Gasteiger charge is 2.47. The topological polar surface area (TPSA) is 72.5 Å². The second-order valence-corrected chi connectivity index (χ2v) is 7.36. The lowest BCUT2D eigenvalue weighted by molar-refractivity contribution is -0.153. The third-order valence-corrected chi connectivity index (χ3v) is 5.39. The van der Waals surface area contributed by atoms with Crippen LogP contribution in [0.15, 0.2) is 48.5 Å². The van der Waals surface area contributed by atoms with Crippen molar-refractivity contribution in [1.29, 1.82) is 0 Å². The molecule has 1 N–H and O–H groups in total. The monoisotopic (exact) mass is 399 g/mol. The maximum atomic E-state index is 12.7. The van der Waals surface area contributed by atoms with Gasteiger partial charge in [0, 0.05) is 22.7 Å². The van der Waals surface area contributed by atoms with E-state index in [1.165, 1.54) is 0 Å². The van der Waals surface area contributed by atoms with E-state index in [1.54, 1.807) is 43.3 Å². The molecule has 28 heavy (non-hydrogen) atoms. The molecular weight excluding hydrogens is 378 g/mol. The van der Waals surface area contributed by atoms with E-state index in [1.807, 2.05) is 12.1 Å². The van der Waals surface area contributed by atoms with Gasteiger partial charge in [-0.05, 0) is 54.8 Å². The van der Waals surface area contributed by atoms with E-state index < -0.39 is 5.41 Å². The van der Waals surface area contributed by atoms with Crippen molar-refractivity contribution < 1.29 is 19.1 Å². The minimum Gasteiger partial charge on any atom is -0.457 e. The van der Waals surface area contributed by atoms with Gasteiger partial charge in [-0.1, -0.05) is 37.1 Å². The van der Waals surface area contributed by atoms with Gasteiger partial charge in [-0.15, -0.1) is 0 Å². The summed E-state index contributed by atoms with van der Waals surface area (Å²) in [7, 11) is 0. The van der Waals surface area contributed by atoms with Crippen molar-refractivity contribution in [3.8, 4) is 0 Å². The number of hydrogen-bond donors (Lipinski definition) is 1. The van der Waals surface area contributed by atoms with Crippen molar-refractivity contribution in [3.63, 3.8) is 0 Å². The SMILES string of the molecule is CCC(=O)Nc1ccc(C(=O)COC(=O)C2(c3ccc(Cl)cc3)CCC2)cc1. The Morgan fingerprint density at radius 2 is 1.68 bits per heavy atom. The van der Waals surface area contributed by atoms with Crippen LogP contribution in [0.1, 0.15) is 48.5 Å². The number of Topliss-reactive ketones (excluding diaryl/α,β-unsaturated/α-hetero) is 1. The van der Waals surface area contributed by atoms with E-state index in [-0.39, 0.29) is 24.3 Å². The Hall–Kier alpha value is -2.66. The molecule has 0 aliphatic heterocycles. The molecule has 5 nitrogen and oxygen atoms in total. The Labute approximate surface area is 169 Å². The minimum atomic E-state index is -0.681. The molecule has 6 heteroatoms. The summed E-state index contributed by atoms with van der Waals surface area (Å²) in [4.78, 5) is 36.5. The number of ether oxygens (including phenoxy) is 1. The van der Waals surface area contributed by atoms with Gasteiger partial charge in [0.25, 0.3) is 0 Å². The molecule has 0 spiro atoms. The summed E-state index contributed by atoms with van der Waals surface area (Å²) in [6, 6.07) is 13.7. The zero-order valence-electron chi connectivity index (χ0n) is 15.7. The molecule has 0 radical (unpaired) electrons. The minimum absolute atomic E-state index is 0.0963. The Balaban J connectivity index is 1.61. The average molecular weight is 400 g/mol. The number of hydrogen-bond acceptors (Lipinski definition) is 4. The van der Waals surface area contributed by atoms with Gasteiger partial charge in [0.1, 0.15) is 0 Å². The fraction of sp³-hybridized carbons (Fsp3) is 0.318. The highest BCUT2D eigenvalue weighted by atomic mass is 35.5. The van der Waals surface area contributed by atoms with Gasteiger partial charge in [0.05, 0.1) is 5.41 Å². The molecule has 1 amide bonds. The van der Waals surface area contributed by atoms with E-state index in [4.69, 9.17) is 16.3 Å². The van der Waals surface area contributed by atoms with Crippen molar-refractivity contribution in [2.45, 2.75) is 38.0 Å². The van der Waals surface area contributed by atoms with Gasteiger partial charge in [-0.3, -0.25) is 14.4 Å². The van der Waals surface area contributed by atoms with Crippen molar-refractivity contribution in [2.75, 3.05) is 11.9 Å². The fourth-order valence-corrected chi connectivity index (χ4v) is 3.38. The fourth-order valence-electron chi connectivity index (χ4n) is 3.25. The summed E-state index contributed by atoms with van der Waals surface area (Å²) in [5.74, 6) is -0.755. The first-order chi connectivity index (χ1) is 13.4. The highest BCUT2D eigenvalue weighted by Crippen LogP contribution is 2.45. The van der Waals surface area contributed by atoms with Gasteiger partial charge < -0.3 is 10.1 Å².